The molecule has 7 heteroatoms. The quantitative estimate of drug-likeness (QED) is 0.849. The van der Waals surface area contributed by atoms with E-state index in [-0.39, 0.29) is 5.92 Å². The summed E-state index contributed by atoms with van der Waals surface area (Å²) in [6.45, 7) is 4.00. The Morgan fingerprint density at radius 1 is 1.61 bits per heavy atom. The lowest BCUT2D eigenvalue weighted by molar-refractivity contribution is 0.0702. The molecule has 0 unspecified atom stereocenters. The van der Waals surface area contributed by atoms with E-state index in [9.17, 15) is 4.79 Å². The molecule has 96 valence electrons. The molecule has 2 aromatic rings. The average molecular weight is 284 g/mol. The van der Waals surface area contributed by atoms with E-state index in [1.807, 2.05) is 19.2 Å². The van der Waals surface area contributed by atoms with Gasteiger partial charge in [-0.05, 0) is 6.07 Å². The zero-order valence-electron chi connectivity index (χ0n) is 9.91. The van der Waals surface area contributed by atoms with Crippen molar-refractivity contribution < 1.29 is 14.4 Å². The van der Waals surface area contributed by atoms with E-state index in [4.69, 9.17) is 9.63 Å². The van der Waals surface area contributed by atoms with Crippen LogP contribution in [0.3, 0.4) is 0 Å². The molecule has 18 heavy (non-hydrogen) atoms. The number of aromatic nitrogens is 2. The molecule has 0 aliphatic heterocycles. The number of carboxylic acids is 1. The summed E-state index contributed by atoms with van der Waals surface area (Å²) in [7, 11) is 0. The highest BCUT2D eigenvalue weighted by molar-refractivity contribution is 7.98. The number of thiophene rings is 1. The smallest absolute Gasteiger partial charge is 0.345 e. The van der Waals surface area contributed by atoms with Crippen molar-refractivity contribution in [2.75, 3.05) is 0 Å². The molecule has 0 aliphatic rings. The standard InChI is InChI=1S/C11H12N2O3S2/c1-6(2)10-12-9(16-13-10)5-17-7-3-8(11(14)15)18-4-7/h3-4,6H,5H2,1-2H3,(H,14,15). The number of hydrogen-bond acceptors (Lipinski definition) is 6. The molecule has 0 amide bonds. The third kappa shape index (κ3) is 3.11. The van der Waals surface area contributed by atoms with E-state index in [0.29, 0.717) is 22.3 Å². The Labute approximate surface area is 112 Å². The van der Waals surface area contributed by atoms with Gasteiger partial charge < -0.3 is 9.63 Å². The van der Waals surface area contributed by atoms with Crippen LogP contribution in [-0.4, -0.2) is 21.2 Å². The van der Waals surface area contributed by atoms with Crippen LogP contribution in [-0.2, 0) is 5.75 Å². The number of rotatable bonds is 5. The Kier molecular flexibility index (Phi) is 4.03. The molecule has 0 bridgehead atoms. The second kappa shape index (κ2) is 5.53. The fraction of sp³-hybridized carbons (Fsp3) is 0.364. The summed E-state index contributed by atoms with van der Waals surface area (Å²) in [5.41, 5.74) is 0. The number of carboxylic acid groups (broad SMARTS) is 1. The predicted molar refractivity (Wildman–Crippen MR) is 69.2 cm³/mol. The minimum absolute atomic E-state index is 0.243. The molecular weight excluding hydrogens is 272 g/mol. The van der Waals surface area contributed by atoms with Crippen LogP contribution < -0.4 is 0 Å². The molecule has 5 nitrogen and oxygen atoms in total. The molecule has 1 N–H and O–H groups in total. The molecule has 2 heterocycles. The lowest BCUT2D eigenvalue weighted by Crippen LogP contribution is -1.90. The molecule has 0 atom stereocenters. The first-order chi connectivity index (χ1) is 8.56. The summed E-state index contributed by atoms with van der Waals surface area (Å²) in [6.07, 6.45) is 0. The molecular formula is C11H12N2O3S2. The molecule has 2 aromatic heterocycles. The summed E-state index contributed by atoms with van der Waals surface area (Å²) in [4.78, 5) is 16.2. The minimum Gasteiger partial charge on any atom is -0.477 e. The number of nitrogens with zero attached hydrogens (tertiary/aromatic N) is 2. The van der Waals surface area contributed by atoms with E-state index in [1.54, 1.807) is 6.07 Å². The Bertz CT molecular complexity index is 548. The van der Waals surface area contributed by atoms with Crippen LogP contribution in [0, 0.1) is 0 Å². The van der Waals surface area contributed by atoms with Gasteiger partial charge in [-0.1, -0.05) is 19.0 Å². The Hall–Kier alpha value is -1.34. The van der Waals surface area contributed by atoms with E-state index in [1.165, 1.54) is 23.1 Å². The number of carbonyl (C=O) groups is 1. The average Bonchev–Trinajstić information content (AvgIpc) is 2.95. The summed E-state index contributed by atoms with van der Waals surface area (Å²) in [5.74, 6) is 1.16. The van der Waals surface area contributed by atoms with Crippen molar-refractivity contribution in [3.63, 3.8) is 0 Å². The molecule has 0 fully saturated rings. The zero-order chi connectivity index (χ0) is 13.1. The maximum Gasteiger partial charge on any atom is 0.345 e. The first-order valence-electron chi connectivity index (χ1n) is 5.33. The van der Waals surface area contributed by atoms with Crippen LogP contribution in [0.5, 0.6) is 0 Å². The first kappa shape index (κ1) is 13.1. The van der Waals surface area contributed by atoms with Crippen LogP contribution in [0.1, 0.15) is 41.2 Å². The molecule has 0 aliphatic carbocycles. The minimum atomic E-state index is -0.897. The van der Waals surface area contributed by atoms with Gasteiger partial charge in [-0.15, -0.1) is 23.1 Å². The molecule has 0 spiro atoms. The van der Waals surface area contributed by atoms with Gasteiger partial charge in [0.25, 0.3) is 0 Å². The third-order valence-corrected chi connectivity index (χ3v) is 4.18. The van der Waals surface area contributed by atoms with Crippen LogP contribution in [0.2, 0.25) is 0 Å². The van der Waals surface area contributed by atoms with E-state index in [2.05, 4.69) is 10.1 Å². The van der Waals surface area contributed by atoms with Crippen molar-refractivity contribution >= 4 is 29.1 Å². The van der Waals surface area contributed by atoms with E-state index < -0.39 is 5.97 Å². The largest absolute Gasteiger partial charge is 0.477 e. The summed E-state index contributed by atoms with van der Waals surface area (Å²) < 4.78 is 5.11. The number of hydrogen-bond donors (Lipinski definition) is 1. The fourth-order valence-corrected chi connectivity index (χ4v) is 2.92. The van der Waals surface area contributed by atoms with Crippen molar-refractivity contribution in [2.45, 2.75) is 30.4 Å². The normalized spacial score (nSPS) is 11.1. The summed E-state index contributed by atoms with van der Waals surface area (Å²) in [6, 6.07) is 1.65. The van der Waals surface area contributed by atoms with Crippen molar-refractivity contribution in [3.05, 3.63) is 28.0 Å². The predicted octanol–water partition coefficient (Wildman–Crippen LogP) is 3.25. The van der Waals surface area contributed by atoms with Gasteiger partial charge in [0, 0.05) is 16.2 Å². The Morgan fingerprint density at radius 3 is 2.94 bits per heavy atom. The second-order valence-electron chi connectivity index (χ2n) is 3.94. The number of aromatic carboxylic acids is 1. The molecule has 0 saturated carbocycles. The van der Waals surface area contributed by atoms with Crippen molar-refractivity contribution in [1.29, 1.82) is 0 Å². The van der Waals surface area contributed by atoms with Gasteiger partial charge >= 0.3 is 5.97 Å². The van der Waals surface area contributed by atoms with Gasteiger partial charge in [-0.2, -0.15) is 4.98 Å². The fourth-order valence-electron chi connectivity index (χ4n) is 1.21. The van der Waals surface area contributed by atoms with Crippen molar-refractivity contribution in [1.82, 2.24) is 10.1 Å². The molecule has 2 rings (SSSR count). The molecule has 0 aromatic carbocycles. The van der Waals surface area contributed by atoms with Crippen molar-refractivity contribution in [2.24, 2.45) is 0 Å². The first-order valence-corrected chi connectivity index (χ1v) is 7.20. The van der Waals surface area contributed by atoms with Gasteiger partial charge in [-0.3, -0.25) is 0 Å². The zero-order valence-corrected chi connectivity index (χ0v) is 11.5. The van der Waals surface area contributed by atoms with Gasteiger partial charge in [0.1, 0.15) is 4.88 Å². The van der Waals surface area contributed by atoms with Gasteiger partial charge in [0.05, 0.1) is 5.75 Å². The van der Waals surface area contributed by atoms with Gasteiger partial charge in [0.15, 0.2) is 5.82 Å². The van der Waals surface area contributed by atoms with E-state index >= 15 is 0 Å². The summed E-state index contributed by atoms with van der Waals surface area (Å²) >= 11 is 2.70. The lowest BCUT2D eigenvalue weighted by Gasteiger charge is -1.93. The summed E-state index contributed by atoms with van der Waals surface area (Å²) in [5, 5.41) is 14.5. The third-order valence-electron chi connectivity index (χ3n) is 2.15. The van der Waals surface area contributed by atoms with Crippen LogP contribution in [0.15, 0.2) is 20.9 Å². The van der Waals surface area contributed by atoms with Crippen LogP contribution in [0.4, 0.5) is 0 Å². The maximum atomic E-state index is 10.7. The highest BCUT2D eigenvalue weighted by Gasteiger charge is 2.11. The monoisotopic (exact) mass is 284 g/mol. The highest BCUT2D eigenvalue weighted by atomic mass is 32.2. The van der Waals surface area contributed by atoms with Crippen LogP contribution in [0.25, 0.3) is 0 Å². The van der Waals surface area contributed by atoms with E-state index in [0.717, 1.165) is 4.90 Å². The maximum absolute atomic E-state index is 10.7. The van der Waals surface area contributed by atoms with Gasteiger partial charge in [0.2, 0.25) is 5.89 Å². The van der Waals surface area contributed by atoms with Crippen molar-refractivity contribution in [3.8, 4) is 0 Å². The van der Waals surface area contributed by atoms with Crippen LogP contribution >= 0.6 is 23.1 Å². The SMILES string of the molecule is CC(C)c1noc(CSc2csc(C(=O)O)c2)n1. The highest BCUT2D eigenvalue weighted by Crippen LogP contribution is 2.27. The second-order valence-corrected chi connectivity index (χ2v) is 5.90. The Balaban J connectivity index is 1.95. The Morgan fingerprint density at radius 2 is 2.39 bits per heavy atom. The number of thioether (sulfide) groups is 1. The lowest BCUT2D eigenvalue weighted by atomic mass is 10.2. The molecule has 0 radical (unpaired) electrons. The van der Waals surface area contributed by atoms with Gasteiger partial charge in [-0.25, -0.2) is 4.79 Å². The topological polar surface area (TPSA) is 76.2 Å². The molecule has 0 saturated heterocycles.